The van der Waals surface area contributed by atoms with Gasteiger partial charge in [0.05, 0.1) is 11.7 Å². The van der Waals surface area contributed by atoms with Crippen molar-refractivity contribution in [2.45, 2.75) is 26.8 Å². The van der Waals surface area contributed by atoms with Crippen LogP contribution in [0, 0.1) is 13.8 Å². The quantitative estimate of drug-likeness (QED) is 0.751. The number of thioether (sulfide) groups is 1. The van der Waals surface area contributed by atoms with E-state index in [2.05, 4.69) is 4.99 Å². The lowest BCUT2D eigenvalue weighted by atomic mass is 10.1. The fraction of sp³-hybridized carbons (Fsp3) is 0.300. The van der Waals surface area contributed by atoms with E-state index in [1.807, 2.05) is 51.1 Å². The molecule has 26 heavy (non-hydrogen) atoms. The molecule has 1 aliphatic rings. The number of carbonyl (C=O) groups is 1. The van der Waals surface area contributed by atoms with Gasteiger partial charge in [-0.05, 0) is 62.2 Å². The van der Waals surface area contributed by atoms with Crippen molar-refractivity contribution in [1.29, 1.82) is 0 Å². The largest absolute Gasteiger partial charge is 0.483 e. The van der Waals surface area contributed by atoms with E-state index >= 15 is 0 Å². The average molecular weight is 389 g/mol. The smallest absolute Gasteiger partial charge is 0.271 e. The number of nitrogens with zero attached hydrogens (tertiary/aromatic N) is 2. The molecular weight excluding hydrogens is 368 g/mol. The van der Waals surface area contributed by atoms with Crippen molar-refractivity contribution in [2.75, 3.05) is 17.3 Å². The monoisotopic (exact) mass is 388 g/mol. The fourth-order valence-electron chi connectivity index (χ4n) is 2.62. The first kappa shape index (κ1) is 18.8. The van der Waals surface area contributed by atoms with Gasteiger partial charge in [0.2, 0.25) is 0 Å². The Hall–Kier alpha value is -1.98. The van der Waals surface area contributed by atoms with Gasteiger partial charge in [-0.1, -0.05) is 35.5 Å². The van der Waals surface area contributed by atoms with Gasteiger partial charge in [-0.3, -0.25) is 14.7 Å². The van der Waals surface area contributed by atoms with E-state index in [4.69, 9.17) is 16.3 Å². The van der Waals surface area contributed by atoms with E-state index < -0.39 is 0 Å². The standard InChI is InChI=1S/C20H21ClN2O2S/c1-13-5-4-6-18(15(13)3)25-11-19(24)23(20-22-14(2)12-26-20)17-9-7-16(21)8-10-17/h4-10,14H,11-12H2,1-3H3/t14-/m1/s1. The number of benzene rings is 2. The summed E-state index contributed by atoms with van der Waals surface area (Å²) in [7, 11) is 0. The summed E-state index contributed by atoms with van der Waals surface area (Å²) in [6.45, 7) is 6.00. The molecule has 1 aliphatic heterocycles. The van der Waals surface area contributed by atoms with Crippen molar-refractivity contribution in [1.82, 2.24) is 0 Å². The van der Waals surface area contributed by atoms with Crippen LogP contribution in [0.3, 0.4) is 0 Å². The lowest BCUT2D eigenvalue weighted by Gasteiger charge is -2.22. The molecular formula is C20H21ClN2O2S. The van der Waals surface area contributed by atoms with Crippen molar-refractivity contribution < 1.29 is 9.53 Å². The van der Waals surface area contributed by atoms with Crippen molar-refractivity contribution in [3.63, 3.8) is 0 Å². The topological polar surface area (TPSA) is 41.9 Å². The van der Waals surface area contributed by atoms with Gasteiger partial charge in [-0.25, -0.2) is 0 Å². The molecule has 0 spiro atoms. The second-order valence-corrected chi connectivity index (χ2v) is 7.69. The predicted octanol–water partition coefficient (Wildman–Crippen LogP) is 4.86. The van der Waals surface area contributed by atoms with Gasteiger partial charge in [0.1, 0.15) is 5.75 Å². The molecule has 0 bridgehead atoms. The molecule has 3 rings (SSSR count). The van der Waals surface area contributed by atoms with Crippen LogP contribution in [0.2, 0.25) is 5.02 Å². The number of carbonyl (C=O) groups excluding carboxylic acids is 1. The normalized spacial score (nSPS) is 16.3. The highest BCUT2D eigenvalue weighted by molar-refractivity contribution is 8.14. The minimum Gasteiger partial charge on any atom is -0.483 e. The van der Waals surface area contributed by atoms with Crippen molar-refractivity contribution in [2.24, 2.45) is 4.99 Å². The van der Waals surface area contributed by atoms with Gasteiger partial charge in [-0.15, -0.1) is 0 Å². The number of aryl methyl sites for hydroxylation is 1. The third-order valence-electron chi connectivity index (χ3n) is 4.22. The van der Waals surface area contributed by atoms with Crippen molar-refractivity contribution >= 4 is 40.1 Å². The molecule has 0 fully saturated rings. The zero-order chi connectivity index (χ0) is 18.7. The Balaban J connectivity index is 1.82. The number of amides is 1. The highest BCUT2D eigenvalue weighted by Gasteiger charge is 2.27. The molecule has 0 unspecified atom stereocenters. The summed E-state index contributed by atoms with van der Waals surface area (Å²) in [5.41, 5.74) is 2.91. The summed E-state index contributed by atoms with van der Waals surface area (Å²) >= 11 is 7.57. The van der Waals surface area contributed by atoms with Gasteiger partial charge in [0.25, 0.3) is 5.91 Å². The third-order valence-corrected chi connectivity index (χ3v) is 5.66. The molecule has 0 saturated carbocycles. The SMILES string of the molecule is Cc1cccc(OCC(=O)N(C2=N[C@H](C)CS2)c2ccc(Cl)cc2)c1C. The van der Waals surface area contributed by atoms with Gasteiger partial charge >= 0.3 is 0 Å². The number of ether oxygens (including phenoxy) is 1. The maximum atomic E-state index is 13.0. The van der Waals surface area contributed by atoms with Gasteiger partial charge < -0.3 is 4.74 Å². The number of hydrogen-bond donors (Lipinski definition) is 0. The molecule has 2 aromatic carbocycles. The maximum absolute atomic E-state index is 13.0. The van der Waals surface area contributed by atoms with Crippen LogP contribution in [0.25, 0.3) is 0 Å². The maximum Gasteiger partial charge on any atom is 0.271 e. The Morgan fingerprint density at radius 1 is 1.27 bits per heavy atom. The average Bonchev–Trinajstić information content (AvgIpc) is 3.04. The van der Waals surface area contributed by atoms with Gasteiger partial charge in [0.15, 0.2) is 11.8 Å². The molecule has 0 radical (unpaired) electrons. The van der Waals surface area contributed by atoms with Crippen LogP contribution in [-0.4, -0.2) is 29.5 Å². The Morgan fingerprint density at radius 2 is 2.00 bits per heavy atom. The Morgan fingerprint density at radius 3 is 2.65 bits per heavy atom. The molecule has 0 saturated heterocycles. The minimum atomic E-state index is -0.159. The Bertz CT molecular complexity index is 836. The summed E-state index contributed by atoms with van der Waals surface area (Å²) in [4.78, 5) is 19.2. The molecule has 2 aromatic rings. The number of hydrogen-bond acceptors (Lipinski definition) is 4. The van der Waals surface area contributed by atoms with Gasteiger partial charge in [-0.2, -0.15) is 0 Å². The van der Waals surface area contributed by atoms with Gasteiger partial charge in [0, 0.05) is 10.8 Å². The van der Waals surface area contributed by atoms with Crippen LogP contribution >= 0.6 is 23.4 Å². The van der Waals surface area contributed by atoms with E-state index in [0.717, 1.165) is 28.3 Å². The molecule has 1 atom stereocenters. The van der Waals surface area contributed by atoms with E-state index in [0.29, 0.717) is 10.2 Å². The molecule has 0 N–H and O–H groups in total. The van der Waals surface area contributed by atoms with Crippen LogP contribution in [0.15, 0.2) is 47.5 Å². The summed E-state index contributed by atoms with van der Waals surface area (Å²) in [5.74, 6) is 1.43. The second kappa shape index (κ2) is 8.14. The predicted molar refractivity (Wildman–Crippen MR) is 110 cm³/mol. The molecule has 6 heteroatoms. The Labute approximate surface area is 163 Å². The first-order valence-electron chi connectivity index (χ1n) is 8.44. The number of amidine groups is 1. The molecule has 0 aliphatic carbocycles. The number of halogens is 1. The number of rotatable bonds is 4. The van der Waals surface area contributed by atoms with E-state index in [9.17, 15) is 4.79 Å². The third kappa shape index (κ3) is 4.22. The second-order valence-electron chi connectivity index (χ2n) is 6.26. The summed E-state index contributed by atoms with van der Waals surface area (Å²) in [5, 5.41) is 1.33. The lowest BCUT2D eigenvalue weighted by Crippen LogP contribution is -2.38. The van der Waals surface area contributed by atoms with E-state index in [1.54, 1.807) is 28.8 Å². The lowest BCUT2D eigenvalue weighted by molar-refractivity contribution is -0.119. The van der Waals surface area contributed by atoms with Crippen LogP contribution in [0.4, 0.5) is 5.69 Å². The van der Waals surface area contributed by atoms with Crippen LogP contribution in [0.5, 0.6) is 5.75 Å². The van der Waals surface area contributed by atoms with E-state index in [-0.39, 0.29) is 18.6 Å². The molecule has 4 nitrogen and oxygen atoms in total. The summed E-state index contributed by atoms with van der Waals surface area (Å²) in [6.07, 6.45) is 0. The first-order chi connectivity index (χ1) is 12.5. The van der Waals surface area contributed by atoms with Crippen LogP contribution in [-0.2, 0) is 4.79 Å². The zero-order valence-electron chi connectivity index (χ0n) is 15.0. The summed E-state index contributed by atoms with van der Waals surface area (Å²) in [6, 6.07) is 13.2. The molecule has 0 aromatic heterocycles. The highest BCUT2D eigenvalue weighted by Crippen LogP contribution is 2.27. The summed E-state index contributed by atoms with van der Waals surface area (Å²) < 4.78 is 5.81. The Kier molecular flexibility index (Phi) is 5.89. The minimum absolute atomic E-state index is 0.0547. The van der Waals surface area contributed by atoms with Crippen molar-refractivity contribution in [3.8, 4) is 5.75 Å². The molecule has 1 amide bonds. The van der Waals surface area contributed by atoms with Crippen molar-refractivity contribution in [3.05, 3.63) is 58.6 Å². The molecule has 1 heterocycles. The fourth-order valence-corrected chi connectivity index (χ4v) is 3.80. The van der Waals surface area contributed by atoms with E-state index in [1.165, 1.54) is 0 Å². The van der Waals surface area contributed by atoms with Crippen LogP contribution in [0.1, 0.15) is 18.1 Å². The number of aliphatic imine (C=N–C) groups is 1. The highest BCUT2D eigenvalue weighted by atomic mass is 35.5. The number of anilines is 1. The first-order valence-corrected chi connectivity index (χ1v) is 9.80. The zero-order valence-corrected chi connectivity index (χ0v) is 16.6. The van der Waals surface area contributed by atoms with Crippen LogP contribution < -0.4 is 9.64 Å². The molecule has 136 valence electrons.